The molecule has 1 heterocycles. The maximum atomic E-state index is 12.2. The van der Waals surface area contributed by atoms with E-state index < -0.39 is 0 Å². The SMILES string of the molecule is COc1cccc(/C=C2\SC(=Nc3ccc(Cl)cc3)NC2=O)c1OC. The van der Waals surface area contributed by atoms with Crippen LogP contribution in [0.1, 0.15) is 5.56 Å². The molecule has 0 bridgehead atoms. The zero-order valence-electron chi connectivity index (χ0n) is 13.6. The summed E-state index contributed by atoms with van der Waals surface area (Å²) in [5, 5.41) is 3.91. The normalized spacial score (nSPS) is 17.0. The van der Waals surface area contributed by atoms with Crippen LogP contribution in [0.4, 0.5) is 5.69 Å². The number of hydrogen-bond donors (Lipinski definition) is 1. The Morgan fingerprint density at radius 2 is 1.88 bits per heavy atom. The average Bonchev–Trinajstić information content (AvgIpc) is 2.95. The lowest BCUT2D eigenvalue weighted by Gasteiger charge is -2.10. The number of halogens is 1. The maximum Gasteiger partial charge on any atom is 0.264 e. The van der Waals surface area contributed by atoms with Crippen LogP contribution in [0.15, 0.2) is 52.4 Å². The number of rotatable bonds is 4. The summed E-state index contributed by atoms with van der Waals surface area (Å²) in [6.07, 6.45) is 1.76. The van der Waals surface area contributed by atoms with Crippen LogP contribution in [0.3, 0.4) is 0 Å². The Morgan fingerprint density at radius 3 is 2.56 bits per heavy atom. The number of ether oxygens (including phenoxy) is 2. The number of aliphatic imine (C=N–C) groups is 1. The number of nitrogens with zero attached hydrogens (tertiary/aromatic N) is 1. The minimum atomic E-state index is -0.206. The molecule has 1 N–H and O–H groups in total. The fraction of sp³-hybridized carbons (Fsp3) is 0.111. The number of carbonyl (C=O) groups is 1. The fourth-order valence-corrected chi connectivity index (χ4v) is 3.24. The highest BCUT2D eigenvalue weighted by molar-refractivity contribution is 8.18. The number of nitrogens with one attached hydrogen (secondary N) is 1. The van der Waals surface area contributed by atoms with E-state index in [1.807, 2.05) is 12.1 Å². The Labute approximate surface area is 154 Å². The van der Waals surface area contributed by atoms with Crippen LogP contribution in [-0.4, -0.2) is 25.3 Å². The summed E-state index contributed by atoms with van der Waals surface area (Å²) in [6, 6.07) is 12.6. The highest BCUT2D eigenvalue weighted by Crippen LogP contribution is 2.35. The van der Waals surface area contributed by atoms with E-state index in [4.69, 9.17) is 21.1 Å². The third-order valence-corrected chi connectivity index (χ3v) is 4.59. The standard InChI is InChI=1S/C18H15ClN2O3S/c1-23-14-5-3-4-11(16(14)24-2)10-15-17(22)21-18(25-15)20-13-8-6-12(19)7-9-13/h3-10H,1-2H3,(H,20,21,22)/b15-10-. The minimum Gasteiger partial charge on any atom is -0.493 e. The highest BCUT2D eigenvalue weighted by Gasteiger charge is 2.24. The van der Waals surface area contributed by atoms with E-state index in [0.29, 0.717) is 32.3 Å². The molecular formula is C18H15ClN2O3S. The van der Waals surface area contributed by atoms with Crippen LogP contribution in [-0.2, 0) is 4.79 Å². The summed E-state index contributed by atoms with van der Waals surface area (Å²) in [4.78, 5) is 17.2. The molecule has 0 aliphatic carbocycles. The lowest BCUT2D eigenvalue weighted by atomic mass is 10.1. The molecule has 0 radical (unpaired) electrons. The molecule has 5 nitrogen and oxygen atoms in total. The van der Waals surface area contributed by atoms with Crippen molar-refractivity contribution in [3.05, 3.63) is 58.0 Å². The van der Waals surface area contributed by atoms with E-state index in [0.717, 1.165) is 5.56 Å². The van der Waals surface area contributed by atoms with Crippen LogP contribution in [0.5, 0.6) is 11.5 Å². The van der Waals surface area contributed by atoms with Crippen molar-refractivity contribution in [1.82, 2.24) is 5.32 Å². The van der Waals surface area contributed by atoms with E-state index in [1.54, 1.807) is 50.6 Å². The number of carbonyl (C=O) groups excluding carboxylic acids is 1. The Hall–Kier alpha value is -2.44. The highest BCUT2D eigenvalue weighted by atomic mass is 35.5. The van der Waals surface area contributed by atoms with E-state index in [9.17, 15) is 4.79 Å². The minimum absolute atomic E-state index is 0.206. The second-order valence-electron chi connectivity index (χ2n) is 5.04. The summed E-state index contributed by atoms with van der Waals surface area (Å²) >= 11 is 7.13. The van der Waals surface area contributed by atoms with Gasteiger partial charge in [-0.15, -0.1) is 0 Å². The lowest BCUT2D eigenvalue weighted by molar-refractivity contribution is -0.115. The van der Waals surface area contributed by atoms with Gasteiger partial charge in [-0.05, 0) is 48.2 Å². The largest absolute Gasteiger partial charge is 0.493 e. The van der Waals surface area contributed by atoms with Crippen LogP contribution < -0.4 is 14.8 Å². The average molecular weight is 375 g/mol. The second-order valence-corrected chi connectivity index (χ2v) is 6.51. The molecular weight excluding hydrogens is 360 g/mol. The van der Waals surface area contributed by atoms with Crippen molar-refractivity contribution < 1.29 is 14.3 Å². The first-order valence-electron chi connectivity index (χ1n) is 7.37. The molecule has 0 saturated carbocycles. The van der Waals surface area contributed by atoms with Gasteiger partial charge in [-0.1, -0.05) is 23.7 Å². The molecule has 1 aliphatic rings. The first-order chi connectivity index (χ1) is 12.1. The van der Waals surface area contributed by atoms with Crippen LogP contribution in [0, 0.1) is 0 Å². The maximum absolute atomic E-state index is 12.2. The molecule has 1 amide bonds. The van der Waals surface area contributed by atoms with Crippen LogP contribution >= 0.6 is 23.4 Å². The van der Waals surface area contributed by atoms with Crippen molar-refractivity contribution in [3.8, 4) is 11.5 Å². The predicted octanol–water partition coefficient (Wildman–Crippen LogP) is 4.25. The Kier molecular flexibility index (Phi) is 5.31. The lowest BCUT2D eigenvalue weighted by Crippen LogP contribution is -2.19. The van der Waals surface area contributed by atoms with Gasteiger partial charge in [0.05, 0.1) is 24.8 Å². The van der Waals surface area contributed by atoms with Crippen LogP contribution in [0.25, 0.3) is 6.08 Å². The summed E-state index contributed by atoms with van der Waals surface area (Å²) < 4.78 is 10.7. The first-order valence-corrected chi connectivity index (χ1v) is 8.56. The van der Waals surface area contributed by atoms with Gasteiger partial charge in [-0.3, -0.25) is 4.79 Å². The van der Waals surface area contributed by atoms with Gasteiger partial charge in [0.25, 0.3) is 5.91 Å². The molecule has 25 heavy (non-hydrogen) atoms. The van der Waals surface area contributed by atoms with Gasteiger partial charge >= 0.3 is 0 Å². The molecule has 128 valence electrons. The van der Waals surface area contributed by atoms with Crippen LogP contribution in [0.2, 0.25) is 5.02 Å². The van der Waals surface area contributed by atoms with Gasteiger partial charge < -0.3 is 14.8 Å². The molecule has 3 rings (SSSR count). The number of thioether (sulfide) groups is 1. The van der Waals surface area contributed by atoms with Gasteiger partial charge in [0.2, 0.25) is 0 Å². The molecule has 0 spiro atoms. The third kappa shape index (κ3) is 3.97. The van der Waals surface area contributed by atoms with E-state index >= 15 is 0 Å². The summed E-state index contributed by atoms with van der Waals surface area (Å²) in [5.74, 6) is 0.979. The molecule has 0 unspecified atom stereocenters. The monoisotopic (exact) mass is 374 g/mol. The van der Waals surface area contributed by atoms with Crippen molar-refractivity contribution in [2.24, 2.45) is 4.99 Å². The predicted molar refractivity (Wildman–Crippen MR) is 102 cm³/mol. The number of para-hydroxylation sites is 1. The number of amidine groups is 1. The second kappa shape index (κ2) is 7.63. The van der Waals surface area contributed by atoms with Crippen molar-refractivity contribution >= 4 is 46.2 Å². The summed E-state index contributed by atoms with van der Waals surface area (Å²) in [6.45, 7) is 0. The Morgan fingerprint density at radius 1 is 1.12 bits per heavy atom. The molecule has 1 saturated heterocycles. The first kappa shape index (κ1) is 17.4. The van der Waals surface area contributed by atoms with E-state index in [2.05, 4.69) is 10.3 Å². The zero-order chi connectivity index (χ0) is 17.8. The zero-order valence-corrected chi connectivity index (χ0v) is 15.1. The smallest absolute Gasteiger partial charge is 0.264 e. The molecule has 2 aromatic carbocycles. The molecule has 2 aromatic rings. The fourth-order valence-electron chi connectivity index (χ4n) is 2.28. The summed E-state index contributed by atoms with van der Waals surface area (Å²) in [7, 11) is 3.14. The summed E-state index contributed by atoms with van der Waals surface area (Å²) in [5.41, 5.74) is 1.47. The van der Waals surface area contributed by atoms with E-state index in [-0.39, 0.29) is 5.91 Å². The Bertz CT molecular complexity index is 863. The number of amides is 1. The molecule has 1 aliphatic heterocycles. The quantitative estimate of drug-likeness (QED) is 0.813. The van der Waals surface area contributed by atoms with Gasteiger partial charge in [0.1, 0.15) is 0 Å². The van der Waals surface area contributed by atoms with E-state index in [1.165, 1.54) is 11.8 Å². The third-order valence-electron chi connectivity index (χ3n) is 3.43. The van der Waals surface area contributed by atoms with Gasteiger partial charge in [-0.25, -0.2) is 4.99 Å². The van der Waals surface area contributed by atoms with Gasteiger partial charge in [-0.2, -0.15) is 0 Å². The van der Waals surface area contributed by atoms with Crippen molar-refractivity contribution in [1.29, 1.82) is 0 Å². The van der Waals surface area contributed by atoms with Crippen molar-refractivity contribution in [2.75, 3.05) is 14.2 Å². The Balaban J connectivity index is 1.88. The van der Waals surface area contributed by atoms with Crippen molar-refractivity contribution in [2.45, 2.75) is 0 Å². The molecule has 7 heteroatoms. The topological polar surface area (TPSA) is 59.9 Å². The molecule has 1 fully saturated rings. The van der Waals surface area contributed by atoms with Gasteiger partial charge in [0, 0.05) is 10.6 Å². The number of hydrogen-bond acceptors (Lipinski definition) is 5. The molecule has 0 atom stereocenters. The number of benzene rings is 2. The number of methoxy groups -OCH3 is 2. The van der Waals surface area contributed by atoms with Crippen molar-refractivity contribution in [3.63, 3.8) is 0 Å². The van der Waals surface area contributed by atoms with Gasteiger partial charge in [0.15, 0.2) is 16.7 Å². The molecule has 0 aromatic heterocycles.